The third kappa shape index (κ3) is 3.16. The number of hydrogen-bond acceptors (Lipinski definition) is 3. The summed E-state index contributed by atoms with van der Waals surface area (Å²) in [6.07, 6.45) is 0.400. The van der Waals surface area contributed by atoms with Crippen LogP contribution in [0.3, 0.4) is 0 Å². The topological polar surface area (TPSA) is 50.2 Å². The molecule has 0 aliphatic carbocycles. The van der Waals surface area contributed by atoms with Gasteiger partial charge in [-0.1, -0.05) is 31.5 Å². The van der Waals surface area contributed by atoms with E-state index in [0.717, 1.165) is 16.9 Å². The van der Waals surface area contributed by atoms with Crippen molar-refractivity contribution in [2.75, 3.05) is 0 Å². The number of benzene rings is 1. The molecule has 1 N–H and O–H groups in total. The molecule has 0 amide bonds. The predicted octanol–water partition coefficient (Wildman–Crippen LogP) is 4.35. The Morgan fingerprint density at radius 2 is 2.20 bits per heavy atom. The second kappa shape index (κ2) is 5.89. The highest BCUT2D eigenvalue weighted by Crippen LogP contribution is 2.28. The number of hydrogen-bond donors (Lipinski definition) is 1. The first-order valence-corrected chi connectivity index (χ1v) is 7.24. The Morgan fingerprint density at radius 3 is 2.70 bits per heavy atom. The average molecular weight is 314 g/mol. The summed E-state index contributed by atoms with van der Waals surface area (Å²) in [5.41, 5.74) is 1.31. The minimum absolute atomic E-state index is 0.0368. The monoisotopic (exact) mass is 313 g/mol. The van der Waals surface area contributed by atoms with E-state index in [0.29, 0.717) is 22.1 Å². The molecule has 2 aromatic rings. The highest BCUT2D eigenvalue weighted by Gasteiger charge is 2.20. The van der Waals surface area contributed by atoms with E-state index in [9.17, 15) is 14.3 Å². The third-order valence-electron chi connectivity index (χ3n) is 2.80. The average Bonchev–Trinajstić information content (AvgIpc) is 2.77. The molecule has 20 heavy (non-hydrogen) atoms. The maximum Gasteiger partial charge on any atom is 0.347 e. The van der Waals surface area contributed by atoms with Gasteiger partial charge in [-0.2, -0.15) is 0 Å². The molecule has 1 heterocycles. The van der Waals surface area contributed by atoms with Crippen molar-refractivity contribution in [3.8, 4) is 0 Å². The molecule has 2 rings (SSSR count). The minimum atomic E-state index is -0.970. The van der Waals surface area contributed by atoms with Crippen molar-refractivity contribution >= 4 is 28.9 Å². The Kier molecular flexibility index (Phi) is 4.40. The minimum Gasteiger partial charge on any atom is -0.477 e. The highest BCUT2D eigenvalue weighted by atomic mass is 35.5. The van der Waals surface area contributed by atoms with E-state index in [1.165, 1.54) is 12.1 Å². The summed E-state index contributed by atoms with van der Waals surface area (Å²) in [6, 6.07) is 4.16. The number of aromatic carboxylic acids is 1. The first-order chi connectivity index (χ1) is 9.38. The van der Waals surface area contributed by atoms with Gasteiger partial charge in [0.25, 0.3) is 0 Å². The summed E-state index contributed by atoms with van der Waals surface area (Å²) in [6.45, 7) is 3.80. The summed E-state index contributed by atoms with van der Waals surface area (Å²) < 4.78 is 13.0. The molecular weight excluding hydrogens is 301 g/mol. The lowest BCUT2D eigenvalue weighted by molar-refractivity contribution is 0.0700. The Labute approximate surface area is 125 Å². The van der Waals surface area contributed by atoms with E-state index in [-0.39, 0.29) is 10.8 Å². The zero-order valence-electron chi connectivity index (χ0n) is 11.0. The van der Waals surface area contributed by atoms with E-state index in [1.807, 2.05) is 13.8 Å². The fourth-order valence-electron chi connectivity index (χ4n) is 1.83. The normalized spacial score (nSPS) is 11.1. The van der Waals surface area contributed by atoms with Gasteiger partial charge in [0.15, 0.2) is 0 Å². The lowest BCUT2D eigenvalue weighted by atomic mass is 10.1. The molecule has 0 saturated heterocycles. The number of carboxylic acid groups (broad SMARTS) is 1. The molecule has 0 bridgehead atoms. The predicted molar refractivity (Wildman–Crippen MR) is 77.4 cm³/mol. The number of carboxylic acids is 1. The van der Waals surface area contributed by atoms with Gasteiger partial charge in [0.2, 0.25) is 0 Å². The first-order valence-electron chi connectivity index (χ1n) is 6.05. The molecule has 0 atom stereocenters. The summed E-state index contributed by atoms with van der Waals surface area (Å²) in [4.78, 5) is 15.8. The van der Waals surface area contributed by atoms with Gasteiger partial charge in [0.1, 0.15) is 10.7 Å². The van der Waals surface area contributed by atoms with Crippen molar-refractivity contribution in [3.05, 3.63) is 50.2 Å². The van der Waals surface area contributed by atoms with Gasteiger partial charge in [0, 0.05) is 11.4 Å². The van der Waals surface area contributed by atoms with Crippen molar-refractivity contribution in [1.29, 1.82) is 0 Å². The summed E-state index contributed by atoms with van der Waals surface area (Å²) in [5, 5.41) is 10.2. The van der Waals surface area contributed by atoms with E-state index in [2.05, 4.69) is 4.98 Å². The molecule has 1 aromatic heterocycles. The van der Waals surface area contributed by atoms with Gasteiger partial charge in [-0.15, -0.1) is 11.3 Å². The van der Waals surface area contributed by atoms with Crippen LogP contribution in [0.4, 0.5) is 4.39 Å². The van der Waals surface area contributed by atoms with Gasteiger partial charge in [-0.25, -0.2) is 14.2 Å². The van der Waals surface area contributed by atoms with Crippen LogP contribution < -0.4 is 0 Å². The number of carbonyl (C=O) groups is 1. The number of rotatable bonds is 4. The molecule has 3 nitrogen and oxygen atoms in total. The standard InChI is InChI=1S/C14H13ClFNO2S/c1-7(2)12-13(14(18)19)20-11(17-12)5-8-3-4-9(16)6-10(8)15/h3-4,6-7H,5H2,1-2H3,(H,18,19). The zero-order valence-corrected chi connectivity index (χ0v) is 12.6. The Morgan fingerprint density at radius 1 is 1.50 bits per heavy atom. The van der Waals surface area contributed by atoms with Crippen LogP contribution >= 0.6 is 22.9 Å². The van der Waals surface area contributed by atoms with Crippen molar-refractivity contribution in [2.24, 2.45) is 0 Å². The van der Waals surface area contributed by atoms with Gasteiger partial charge in [-0.05, 0) is 23.6 Å². The van der Waals surface area contributed by atoms with Crippen LogP contribution in [0.1, 0.15) is 45.7 Å². The van der Waals surface area contributed by atoms with Crippen LogP contribution in [-0.4, -0.2) is 16.1 Å². The van der Waals surface area contributed by atoms with Crippen LogP contribution in [-0.2, 0) is 6.42 Å². The van der Waals surface area contributed by atoms with Crippen molar-refractivity contribution in [2.45, 2.75) is 26.2 Å². The van der Waals surface area contributed by atoms with E-state index < -0.39 is 11.8 Å². The highest BCUT2D eigenvalue weighted by molar-refractivity contribution is 7.13. The zero-order chi connectivity index (χ0) is 14.9. The van der Waals surface area contributed by atoms with Gasteiger partial charge in [0.05, 0.1) is 10.7 Å². The quantitative estimate of drug-likeness (QED) is 0.913. The molecule has 0 radical (unpaired) electrons. The molecule has 0 unspecified atom stereocenters. The van der Waals surface area contributed by atoms with Gasteiger partial charge < -0.3 is 5.11 Å². The number of thiazole rings is 1. The molecule has 6 heteroatoms. The molecule has 0 saturated carbocycles. The van der Waals surface area contributed by atoms with Crippen LogP contribution in [0.5, 0.6) is 0 Å². The molecule has 0 fully saturated rings. The number of halogens is 2. The number of aromatic nitrogens is 1. The fraction of sp³-hybridized carbons (Fsp3) is 0.286. The lowest BCUT2D eigenvalue weighted by Crippen LogP contribution is -2.00. The van der Waals surface area contributed by atoms with E-state index in [4.69, 9.17) is 11.6 Å². The molecule has 0 aliphatic rings. The summed E-state index contributed by atoms with van der Waals surface area (Å²) >= 11 is 7.11. The van der Waals surface area contributed by atoms with Crippen molar-refractivity contribution in [3.63, 3.8) is 0 Å². The number of nitrogens with zero attached hydrogens (tertiary/aromatic N) is 1. The smallest absolute Gasteiger partial charge is 0.347 e. The second-order valence-electron chi connectivity index (χ2n) is 4.69. The lowest BCUT2D eigenvalue weighted by Gasteiger charge is -2.02. The van der Waals surface area contributed by atoms with E-state index >= 15 is 0 Å². The summed E-state index contributed by atoms with van der Waals surface area (Å²) in [7, 11) is 0. The van der Waals surface area contributed by atoms with Crippen LogP contribution in [0.15, 0.2) is 18.2 Å². The Bertz CT molecular complexity index is 655. The molecule has 1 aromatic carbocycles. The maximum absolute atomic E-state index is 13.0. The molecular formula is C14H13ClFNO2S. The van der Waals surface area contributed by atoms with Crippen molar-refractivity contribution in [1.82, 2.24) is 4.98 Å². The maximum atomic E-state index is 13.0. The third-order valence-corrected chi connectivity index (χ3v) is 4.21. The van der Waals surface area contributed by atoms with Gasteiger partial charge in [-0.3, -0.25) is 0 Å². The molecule has 0 aliphatic heterocycles. The molecule has 106 valence electrons. The molecule has 0 spiro atoms. The SMILES string of the molecule is CC(C)c1nc(Cc2ccc(F)cc2Cl)sc1C(=O)O. The Balaban J connectivity index is 2.34. The first kappa shape index (κ1) is 14.9. The van der Waals surface area contributed by atoms with Crippen molar-refractivity contribution < 1.29 is 14.3 Å². The van der Waals surface area contributed by atoms with Gasteiger partial charge >= 0.3 is 5.97 Å². The second-order valence-corrected chi connectivity index (χ2v) is 6.19. The fourth-order valence-corrected chi connectivity index (χ4v) is 3.14. The Hall–Kier alpha value is -1.46. The largest absolute Gasteiger partial charge is 0.477 e. The van der Waals surface area contributed by atoms with E-state index in [1.54, 1.807) is 6.07 Å². The van der Waals surface area contributed by atoms with Crippen LogP contribution in [0, 0.1) is 5.82 Å². The summed E-state index contributed by atoms with van der Waals surface area (Å²) in [5.74, 6) is -1.33. The van der Waals surface area contributed by atoms with Crippen LogP contribution in [0.2, 0.25) is 5.02 Å². The van der Waals surface area contributed by atoms with Crippen LogP contribution in [0.25, 0.3) is 0 Å².